The first-order chi connectivity index (χ1) is 13.2. The van der Waals surface area contributed by atoms with Gasteiger partial charge in [0.05, 0.1) is 30.9 Å². The zero-order valence-electron chi connectivity index (χ0n) is 15.4. The fourth-order valence-corrected chi connectivity index (χ4v) is 2.94. The lowest BCUT2D eigenvalue weighted by molar-refractivity contribution is 0.0284. The van der Waals surface area contributed by atoms with E-state index in [1.165, 1.54) is 38.5 Å². The van der Waals surface area contributed by atoms with E-state index >= 15 is 0 Å². The average molecular weight is 408 g/mol. The number of methoxy groups -OCH3 is 2. The number of ether oxygens (including phenoxy) is 2. The van der Waals surface area contributed by atoms with Crippen molar-refractivity contribution >= 4 is 22.3 Å². The summed E-state index contributed by atoms with van der Waals surface area (Å²) >= 11 is 0. The second-order valence-corrected chi connectivity index (χ2v) is 7.04. The number of hydroxylamine groups is 1. The summed E-state index contributed by atoms with van der Waals surface area (Å²) in [5, 5.41) is 21.6. The lowest BCUT2D eigenvalue weighted by atomic mass is 10.2. The number of guanidine groups is 1. The van der Waals surface area contributed by atoms with Crippen LogP contribution in [-0.4, -0.2) is 45.1 Å². The van der Waals surface area contributed by atoms with Gasteiger partial charge < -0.3 is 20.3 Å². The molecular weight excluding hydrogens is 388 g/mol. The minimum Gasteiger partial charge on any atom is -0.507 e. The van der Waals surface area contributed by atoms with Gasteiger partial charge in [-0.25, -0.2) is 0 Å². The third-order valence-corrected chi connectivity index (χ3v) is 4.71. The molecule has 0 amide bonds. The standard InChI is InChI=1S/C17H20N4O6S/c1-11-4-6-13(7-5-11)28(23,24)27-21(17(18)19)20-10-14-15(22)8-12(25-2)9-16(14)26-3/h4-10,22H,1-3H3,(H3,18,19). The Morgan fingerprint density at radius 3 is 2.39 bits per heavy atom. The molecule has 0 aliphatic carbocycles. The third kappa shape index (κ3) is 4.90. The van der Waals surface area contributed by atoms with Gasteiger partial charge in [0.2, 0.25) is 5.96 Å². The highest BCUT2D eigenvalue weighted by Gasteiger charge is 2.22. The minimum absolute atomic E-state index is 0.103. The summed E-state index contributed by atoms with van der Waals surface area (Å²) in [6, 6.07) is 8.70. The summed E-state index contributed by atoms with van der Waals surface area (Å²) < 4.78 is 39.7. The van der Waals surface area contributed by atoms with Crippen LogP contribution in [0.4, 0.5) is 0 Å². The van der Waals surface area contributed by atoms with Crippen molar-refractivity contribution in [2.24, 2.45) is 10.8 Å². The molecule has 0 unspecified atom stereocenters. The van der Waals surface area contributed by atoms with Crippen molar-refractivity contribution < 1.29 is 27.3 Å². The van der Waals surface area contributed by atoms with E-state index in [4.69, 9.17) is 24.9 Å². The summed E-state index contributed by atoms with van der Waals surface area (Å²) in [6.45, 7) is 1.80. The fourth-order valence-electron chi connectivity index (χ4n) is 2.08. The average Bonchev–Trinajstić information content (AvgIpc) is 2.65. The second kappa shape index (κ2) is 8.59. The topological polar surface area (TPSA) is 148 Å². The Morgan fingerprint density at radius 1 is 1.21 bits per heavy atom. The van der Waals surface area contributed by atoms with Crippen LogP contribution in [0.15, 0.2) is 46.4 Å². The number of hydrogen-bond donors (Lipinski definition) is 3. The predicted octanol–water partition coefficient (Wildman–Crippen LogP) is 1.57. The number of hydrogen-bond acceptors (Lipinski definition) is 8. The Labute approximate surface area is 162 Å². The van der Waals surface area contributed by atoms with Gasteiger partial charge >= 0.3 is 10.1 Å². The van der Waals surface area contributed by atoms with E-state index in [9.17, 15) is 13.5 Å². The van der Waals surface area contributed by atoms with E-state index in [0.717, 1.165) is 11.8 Å². The van der Waals surface area contributed by atoms with Gasteiger partial charge in [-0.05, 0) is 19.1 Å². The smallest absolute Gasteiger partial charge is 0.319 e. The summed E-state index contributed by atoms with van der Waals surface area (Å²) in [5.74, 6) is -0.498. The molecule has 0 fully saturated rings. The molecule has 28 heavy (non-hydrogen) atoms. The van der Waals surface area contributed by atoms with Crippen molar-refractivity contribution in [1.82, 2.24) is 5.17 Å². The van der Waals surface area contributed by atoms with E-state index in [1.807, 2.05) is 0 Å². The van der Waals surface area contributed by atoms with Gasteiger partial charge in [0.25, 0.3) is 0 Å². The Kier molecular flexibility index (Phi) is 6.44. The number of aryl methyl sites for hydroxylation is 1. The first kappa shape index (κ1) is 21.0. The van der Waals surface area contributed by atoms with Gasteiger partial charge in [-0.3, -0.25) is 5.41 Å². The highest BCUT2D eigenvalue weighted by Crippen LogP contribution is 2.32. The van der Waals surface area contributed by atoms with Crippen molar-refractivity contribution in [3.8, 4) is 17.2 Å². The van der Waals surface area contributed by atoms with E-state index in [1.54, 1.807) is 19.1 Å². The van der Waals surface area contributed by atoms with Gasteiger partial charge in [-0.2, -0.15) is 8.42 Å². The quantitative estimate of drug-likeness (QED) is 0.355. The van der Waals surface area contributed by atoms with Crippen LogP contribution >= 0.6 is 0 Å². The normalized spacial score (nSPS) is 11.4. The first-order valence-corrected chi connectivity index (χ1v) is 9.23. The number of phenolic OH excluding ortho intramolecular Hbond substituents is 1. The molecule has 0 saturated heterocycles. The van der Waals surface area contributed by atoms with E-state index in [0.29, 0.717) is 10.9 Å². The van der Waals surface area contributed by atoms with E-state index in [2.05, 4.69) is 5.10 Å². The molecule has 0 spiro atoms. The van der Waals surface area contributed by atoms with Crippen molar-refractivity contribution in [1.29, 1.82) is 5.41 Å². The molecule has 0 aliphatic heterocycles. The molecule has 0 atom stereocenters. The molecule has 0 bridgehead atoms. The molecule has 0 aliphatic rings. The maximum atomic E-state index is 12.4. The van der Waals surface area contributed by atoms with Crippen LogP contribution < -0.4 is 15.2 Å². The van der Waals surface area contributed by atoms with Gasteiger partial charge in [-0.1, -0.05) is 22.9 Å². The molecule has 2 aromatic carbocycles. The molecule has 0 saturated carbocycles. The SMILES string of the molecule is COc1cc(O)c(C=NN(OS(=O)(=O)c2ccc(C)cc2)C(=N)N)c(OC)c1. The minimum atomic E-state index is -4.28. The Hall–Kier alpha value is -3.31. The second-order valence-electron chi connectivity index (χ2n) is 5.51. The zero-order valence-corrected chi connectivity index (χ0v) is 16.2. The molecule has 150 valence electrons. The molecule has 10 nitrogen and oxygen atoms in total. The predicted molar refractivity (Wildman–Crippen MR) is 102 cm³/mol. The molecule has 2 aromatic rings. The largest absolute Gasteiger partial charge is 0.507 e. The van der Waals surface area contributed by atoms with Crippen molar-refractivity contribution in [3.05, 3.63) is 47.5 Å². The van der Waals surface area contributed by atoms with Crippen molar-refractivity contribution in [2.45, 2.75) is 11.8 Å². The number of rotatable bonds is 7. The van der Waals surface area contributed by atoms with Gasteiger partial charge in [0.15, 0.2) is 0 Å². The maximum Gasteiger partial charge on any atom is 0.319 e. The lowest BCUT2D eigenvalue weighted by Gasteiger charge is -2.16. The van der Waals surface area contributed by atoms with Crippen molar-refractivity contribution in [2.75, 3.05) is 14.2 Å². The molecule has 0 radical (unpaired) electrons. The molecule has 2 rings (SSSR count). The van der Waals surface area contributed by atoms with Crippen LogP contribution in [0.5, 0.6) is 17.2 Å². The number of nitrogens with zero attached hydrogens (tertiary/aromatic N) is 2. The number of nitrogens with two attached hydrogens (primary N) is 1. The number of aromatic hydroxyl groups is 1. The summed E-state index contributed by atoms with van der Waals surface area (Å²) in [4.78, 5) is -0.135. The molecule has 0 heterocycles. The summed E-state index contributed by atoms with van der Waals surface area (Å²) in [6.07, 6.45) is 1.04. The van der Waals surface area contributed by atoms with Crippen LogP contribution in [-0.2, 0) is 14.4 Å². The van der Waals surface area contributed by atoms with Crippen molar-refractivity contribution in [3.63, 3.8) is 0 Å². The monoisotopic (exact) mass is 408 g/mol. The summed E-state index contributed by atoms with van der Waals surface area (Å²) in [5.41, 5.74) is 6.32. The van der Waals surface area contributed by atoms with Crippen LogP contribution in [0.3, 0.4) is 0 Å². The van der Waals surface area contributed by atoms with Crippen LogP contribution in [0.2, 0.25) is 0 Å². The Morgan fingerprint density at radius 2 is 1.86 bits per heavy atom. The molecule has 4 N–H and O–H groups in total. The molecule has 11 heteroatoms. The van der Waals surface area contributed by atoms with Crippen LogP contribution in [0, 0.1) is 12.3 Å². The zero-order chi connectivity index (χ0) is 20.9. The number of benzene rings is 2. The Bertz CT molecular complexity index is 989. The molecule has 0 aromatic heterocycles. The van der Waals surface area contributed by atoms with Gasteiger partial charge in [0, 0.05) is 12.1 Å². The number of nitrogens with one attached hydrogen (secondary N) is 1. The lowest BCUT2D eigenvalue weighted by Crippen LogP contribution is -2.34. The highest BCUT2D eigenvalue weighted by atomic mass is 32.2. The summed E-state index contributed by atoms with van der Waals surface area (Å²) in [7, 11) is -1.50. The van der Waals surface area contributed by atoms with E-state index in [-0.39, 0.29) is 22.0 Å². The number of hydrazone groups is 1. The number of phenols is 1. The van der Waals surface area contributed by atoms with E-state index < -0.39 is 16.1 Å². The third-order valence-electron chi connectivity index (χ3n) is 3.53. The molecular formula is C17H20N4O6S. The first-order valence-electron chi connectivity index (χ1n) is 7.82. The maximum absolute atomic E-state index is 12.4. The Balaban J connectivity index is 2.33. The van der Waals surface area contributed by atoms with Gasteiger partial charge in [-0.15, -0.1) is 9.39 Å². The fraction of sp³-hybridized carbons (Fsp3) is 0.176. The van der Waals surface area contributed by atoms with Crippen LogP contribution in [0.25, 0.3) is 0 Å². The highest BCUT2D eigenvalue weighted by molar-refractivity contribution is 7.86. The van der Waals surface area contributed by atoms with Gasteiger partial charge in [0.1, 0.15) is 17.2 Å². The van der Waals surface area contributed by atoms with Crippen LogP contribution in [0.1, 0.15) is 11.1 Å².